The molecule has 0 atom stereocenters. The summed E-state index contributed by atoms with van der Waals surface area (Å²) in [6.45, 7) is 1.90. The van der Waals surface area contributed by atoms with E-state index in [1.165, 1.54) is 4.57 Å². The summed E-state index contributed by atoms with van der Waals surface area (Å²) in [6.07, 6.45) is 3.51. The van der Waals surface area contributed by atoms with Gasteiger partial charge in [0, 0.05) is 25.0 Å². The van der Waals surface area contributed by atoms with Gasteiger partial charge < -0.3 is 5.73 Å². The predicted octanol–water partition coefficient (Wildman–Crippen LogP) is 1.10. The molecule has 0 fully saturated rings. The van der Waals surface area contributed by atoms with Crippen molar-refractivity contribution in [1.29, 1.82) is 0 Å². The number of nitrogens with two attached hydrogens (primary N) is 1. The third-order valence-corrected chi connectivity index (χ3v) is 2.19. The molecule has 2 aromatic heterocycles. The number of pyridine rings is 1. The van der Waals surface area contributed by atoms with Crippen molar-refractivity contribution in [3.8, 4) is 5.82 Å². The van der Waals surface area contributed by atoms with Crippen molar-refractivity contribution in [3.05, 3.63) is 40.4 Å². The van der Waals surface area contributed by atoms with Crippen LogP contribution in [0.1, 0.15) is 13.0 Å². The Morgan fingerprint density at radius 1 is 1.44 bits per heavy atom. The zero-order valence-electron chi connectivity index (χ0n) is 8.64. The molecule has 0 spiro atoms. The fraction of sp³-hybridized carbons (Fsp3) is 0.273. The fourth-order valence-corrected chi connectivity index (χ4v) is 1.51. The largest absolute Gasteiger partial charge is 0.394 e. The molecular weight excluding hydrogens is 204 g/mol. The van der Waals surface area contributed by atoms with Crippen LogP contribution in [0.5, 0.6) is 0 Å². The van der Waals surface area contributed by atoms with E-state index in [4.69, 9.17) is 5.73 Å². The maximum atomic E-state index is 11.7. The number of hydrogen-bond acceptors (Lipinski definition) is 3. The van der Waals surface area contributed by atoms with Gasteiger partial charge in [0.05, 0.1) is 5.69 Å². The van der Waals surface area contributed by atoms with E-state index in [0.29, 0.717) is 5.82 Å². The number of nitrogen functional groups attached to an aromatic ring is 1. The Balaban J connectivity index is 0.00000128. The lowest BCUT2D eigenvalue weighted by atomic mass is 10.3. The van der Waals surface area contributed by atoms with E-state index >= 15 is 0 Å². The number of aromatic nitrogens is 3. The van der Waals surface area contributed by atoms with Crippen LogP contribution in [0.4, 0.5) is 5.69 Å². The van der Waals surface area contributed by atoms with Crippen LogP contribution in [0, 0.1) is 6.92 Å². The maximum Gasteiger partial charge on any atom is 0.279 e. The first-order valence-corrected chi connectivity index (χ1v) is 4.57. The number of rotatable bonds is 1. The van der Waals surface area contributed by atoms with Gasteiger partial charge in [-0.15, -0.1) is 0 Å². The second-order valence-corrected chi connectivity index (χ2v) is 3.45. The monoisotopic (exact) mass is 220 g/mol. The summed E-state index contributed by atoms with van der Waals surface area (Å²) in [7, 11) is 1.81. The quantitative estimate of drug-likeness (QED) is 0.782. The van der Waals surface area contributed by atoms with Crippen molar-refractivity contribution >= 4 is 5.69 Å². The van der Waals surface area contributed by atoms with E-state index in [-0.39, 0.29) is 18.7 Å². The number of anilines is 1. The fourth-order valence-electron chi connectivity index (χ4n) is 1.51. The van der Waals surface area contributed by atoms with Crippen LogP contribution in [0.25, 0.3) is 5.82 Å². The van der Waals surface area contributed by atoms with Crippen molar-refractivity contribution < 1.29 is 0 Å². The Hall–Kier alpha value is -2.04. The van der Waals surface area contributed by atoms with E-state index in [1.54, 1.807) is 23.0 Å². The lowest BCUT2D eigenvalue weighted by molar-refractivity contribution is 0.747. The molecule has 5 nitrogen and oxygen atoms in total. The first-order chi connectivity index (χ1) is 7.09. The Morgan fingerprint density at radius 3 is 2.69 bits per heavy atom. The van der Waals surface area contributed by atoms with Crippen LogP contribution < -0.4 is 11.3 Å². The summed E-state index contributed by atoms with van der Waals surface area (Å²) in [5, 5.41) is 4.21. The molecule has 0 saturated heterocycles. The molecule has 2 N–H and O–H groups in total. The summed E-state index contributed by atoms with van der Waals surface area (Å²) in [6, 6.07) is 3.31. The lowest BCUT2D eigenvalue weighted by Crippen LogP contribution is -2.21. The normalized spacial score (nSPS) is 9.88. The summed E-state index contributed by atoms with van der Waals surface area (Å²) >= 11 is 0. The highest BCUT2D eigenvalue weighted by molar-refractivity contribution is 5.39. The predicted molar refractivity (Wildman–Crippen MR) is 64.7 cm³/mol. The van der Waals surface area contributed by atoms with Crippen LogP contribution in [0.2, 0.25) is 0 Å². The van der Waals surface area contributed by atoms with Gasteiger partial charge in [0.25, 0.3) is 5.56 Å². The van der Waals surface area contributed by atoms with Gasteiger partial charge in [-0.2, -0.15) is 5.10 Å². The minimum atomic E-state index is -0.237. The molecular formula is C11H16N4O. The lowest BCUT2D eigenvalue weighted by Gasteiger charge is -2.03. The Kier molecular flexibility index (Phi) is 3.17. The van der Waals surface area contributed by atoms with E-state index < -0.39 is 0 Å². The Morgan fingerprint density at radius 2 is 2.12 bits per heavy atom. The zero-order valence-corrected chi connectivity index (χ0v) is 8.64. The SMILES string of the molecule is C.Cc1cn(C)nc1-n1cccc(N)c1=O. The molecule has 2 rings (SSSR count). The highest BCUT2D eigenvalue weighted by atomic mass is 16.1. The van der Waals surface area contributed by atoms with Crippen LogP contribution in [0.15, 0.2) is 29.3 Å². The van der Waals surface area contributed by atoms with Crippen molar-refractivity contribution in [1.82, 2.24) is 14.3 Å². The number of aryl methyl sites for hydroxylation is 2. The highest BCUT2D eigenvalue weighted by Crippen LogP contribution is 2.08. The van der Waals surface area contributed by atoms with Gasteiger partial charge in [-0.3, -0.25) is 14.0 Å². The highest BCUT2D eigenvalue weighted by Gasteiger charge is 2.08. The minimum Gasteiger partial charge on any atom is -0.394 e. The van der Waals surface area contributed by atoms with Gasteiger partial charge in [-0.05, 0) is 19.1 Å². The maximum absolute atomic E-state index is 11.7. The summed E-state index contributed by atoms with van der Waals surface area (Å²) in [5.41, 5.74) is 6.47. The second kappa shape index (κ2) is 4.22. The van der Waals surface area contributed by atoms with Crippen molar-refractivity contribution in [2.45, 2.75) is 14.4 Å². The molecule has 86 valence electrons. The topological polar surface area (TPSA) is 65.8 Å². The van der Waals surface area contributed by atoms with Gasteiger partial charge in [0.1, 0.15) is 0 Å². The van der Waals surface area contributed by atoms with E-state index in [2.05, 4.69) is 5.10 Å². The summed E-state index contributed by atoms with van der Waals surface area (Å²) < 4.78 is 3.12. The molecule has 0 bridgehead atoms. The van der Waals surface area contributed by atoms with Gasteiger partial charge in [0.15, 0.2) is 5.82 Å². The van der Waals surface area contributed by atoms with Crippen LogP contribution in [-0.2, 0) is 7.05 Å². The van der Waals surface area contributed by atoms with Gasteiger partial charge >= 0.3 is 0 Å². The minimum absolute atomic E-state index is 0. The van der Waals surface area contributed by atoms with Crippen molar-refractivity contribution in [3.63, 3.8) is 0 Å². The molecule has 5 heteroatoms. The second-order valence-electron chi connectivity index (χ2n) is 3.45. The van der Waals surface area contributed by atoms with Crippen LogP contribution in [0.3, 0.4) is 0 Å². The molecule has 0 radical (unpaired) electrons. The third-order valence-electron chi connectivity index (χ3n) is 2.19. The van der Waals surface area contributed by atoms with Gasteiger partial charge in [-0.1, -0.05) is 7.43 Å². The molecule has 0 aliphatic rings. The standard InChI is InChI=1S/C10H12N4O.CH4/c1-7-6-13(2)12-9(7)14-5-3-4-8(11)10(14)15;/h3-6H,11H2,1-2H3;1H4. The van der Waals surface area contributed by atoms with Crippen molar-refractivity contribution in [2.24, 2.45) is 7.05 Å². The molecule has 0 unspecified atom stereocenters. The van der Waals surface area contributed by atoms with E-state index in [9.17, 15) is 4.79 Å². The molecule has 0 aliphatic carbocycles. The molecule has 0 saturated carbocycles. The molecule has 16 heavy (non-hydrogen) atoms. The summed E-state index contributed by atoms with van der Waals surface area (Å²) in [4.78, 5) is 11.7. The third kappa shape index (κ3) is 1.84. The zero-order chi connectivity index (χ0) is 11.0. The van der Waals surface area contributed by atoms with Crippen molar-refractivity contribution in [2.75, 3.05) is 5.73 Å². The average Bonchev–Trinajstić information content (AvgIpc) is 2.50. The molecule has 2 heterocycles. The number of hydrogen-bond donors (Lipinski definition) is 1. The molecule has 0 aromatic carbocycles. The van der Waals surface area contributed by atoms with Crippen LogP contribution >= 0.6 is 0 Å². The first kappa shape index (κ1) is 12.0. The van der Waals surface area contributed by atoms with Crippen LogP contribution in [-0.4, -0.2) is 14.3 Å². The average molecular weight is 220 g/mol. The Labute approximate surface area is 94.1 Å². The smallest absolute Gasteiger partial charge is 0.279 e. The van der Waals surface area contributed by atoms with E-state index in [0.717, 1.165) is 5.56 Å². The van der Waals surface area contributed by atoms with Gasteiger partial charge in [0.2, 0.25) is 0 Å². The van der Waals surface area contributed by atoms with E-state index in [1.807, 2.05) is 20.2 Å². The first-order valence-electron chi connectivity index (χ1n) is 4.57. The molecule has 2 aromatic rings. The number of nitrogens with zero attached hydrogens (tertiary/aromatic N) is 3. The molecule has 0 amide bonds. The van der Waals surface area contributed by atoms with Gasteiger partial charge in [-0.25, -0.2) is 0 Å². The molecule has 0 aliphatic heterocycles. The Bertz CT molecular complexity index is 553. The summed E-state index contributed by atoms with van der Waals surface area (Å²) in [5.74, 6) is 0.620.